The Balaban J connectivity index is 1.61. The summed E-state index contributed by atoms with van der Waals surface area (Å²) in [7, 11) is 1.37. The van der Waals surface area contributed by atoms with Crippen molar-refractivity contribution in [1.82, 2.24) is 19.7 Å². The van der Waals surface area contributed by atoms with Gasteiger partial charge >= 0.3 is 5.97 Å². The molecule has 0 spiro atoms. The summed E-state index contributed by atoms with van der Waals surface area (Å²) in [6.45, 7) is 4.47. The summed E-state index contributed by atoms with van der Waals surface area (Å²) in [5.41, 5.74) is 6.76. The predicted octanol–water partition coefficient (Wildman–Crippen LogP) is 4.38. The van der Waals surface area contributed by atoms with E-state index in [-0.39, 0.29) is 12.5 Å². The number of rotatable bonds is 7. The van der Waals surface area contributed by atoms with E-state index in [4.69, 9.17) is 9.47 Å². The number of aryl methyl sites for hydroxylation is 2. The van der Waals surface area contributed by atoms with Crippen LogP contribution in [0.4, 0.5) is 0 Å². The van der Waals surface area contributed by atoms with Crippen molar-refractivity contribution in [3.05, 3.63) is 84.1 Å². The van der Waals surface area contributed by atoms with E-state index in [9.17, 15) is 4.79 Å². The van der Waals surface area contributed by atoms with E-state index in [1.165, 1.54) is 7.11 Å². The smallest absolute Gasteiger partial charge is 0.327 e. The van der Waals surface area contributed by atoms with Gasteiger partial charge in [-0.05, 0) is 66.9 Å². The van der Waals surface area contributed by atoms with Gasteiger partial charge in [-0.25, -0.2) is 0 Å². The van der Waals surface area contributed by atoms with Crippen LogP contribution in [-0.2, 0) is 22.7 Å². The number of methoxy groups -OCH3 is 1. The third-order valence-electron chi connectivity index (χ3n) is 5.16. The Morgan fingerprint density at radius 3 is 2.44 bits per heavy atom. The third-order valence-corrected chi connectivity index (χ3v) is 5.16. The summed E-state index contributed by atoms with van der Waals surface area (Å²) in [6.07, 6.45) is 7.06. The van der Waals surface area contributed by atoms with Crippen molar-refractivity contribution in [2.75, 3.05) is 7.11 Å². The van der Waals surface area contributed by atoms with Crippen LogP contribution in [0.5, 0.6) is 5.75 Å². The number of carbonyl (C=O) groups excluding carboxylic acids is 1. The second kappa shape index (κ2) is 9.43. The third kappa shape index (κ3) is 4.67. The maximum absolute atomic E-state index is 11.9. The van der Waals surface area contributed by atoms with Gasteiger partial charge in [-0.2, -0.15) is 5.10 Å². The number of hydrogen-bond acceptors (Lipinski definition) is 6. The molecule has 7 heteroatoms. The van der Waals surface area contributed by atoms with Crippen LogP contribution < -0.4 is 4.74 Å². The lowest BCUT2D eigenvalue weighted by Gasteiger charge is -2.12. The first-order valence-corrected chi connectivity index (χ1v) is 10.2. The van der Waals surface area contributed by atoms with Crippen molar-refractivity contribution in [2.45, 2.75) is 27.0 Å². The number of nitrogens with zero attached hydrogens (tertiary/aromatic N) is 4. The number of benzene rings is 1. The zero-order valence-corrected chi connectivity index (χ0v) is 18.3. The first-order valence-electron chi connectivity index (χ1n) is 10.2. The fourth-order valence-corrected chi connectivity index (χ4v) is 3.49. The Morgan fingerprint density at radius 1 is 1.00 bits per heavy atom. The van der Waals surface area contributed by atoms with E-state index in [0.29, 0.717) is 6.61 Å². The van der Waals surface area contributed by atoms with Crippen LogP contribution in [0.25, 0.3) is 22.4 Å². The normalized spacial score (nSPS) is 10.7. The van der Waals surface area contributed by atoms with Gasteiger partial charge in [0.25, 0.3) is 0 Å². The average Bonchev–Trinajstić information content (AvgIpc) is 3.22. The highest BCUT2D eigenvalue weighted by Gasteiger charge is 2.17. The number of esters is 1. The lowest BCUT2D eigenvalue weighted by atomic mass is 10.0. The molecule has 3 heterocycles. The van der Waals surface area contributed by atoms with Gasteiger partial charge in [0.05, 0.1) is 24.7 Å². The molecule has 0 N–H and O–H groups in total. The summed E-state index contributed by atoms with van der Waals surface area (Å²) in [4.78, 5) is 20.5. The number of hydrogen-bond donors (Lipinski definition) is 0. The minimum atomic E-state index is -0.364. The van der Waals surface area contributed by atoms with Crippen LogP contribution in [0.3, 0.4) is 0 Å². The second-order valence-corrected chi connectivity index (χ2v) is 7.47. The van der Waals surface area contributed by atoms with Gasteiger partial charge in [-0.15, -0.1) is 0 Å². The Morgan fingerprint density at radius 2 is 1.75 bits per heavy atom. The van der Waals surface area contributed by atoms with Crippen LogP contribution in [0, 0.1) is 13.8 Å². The Hall–Kier alpha value is -4.00. The van der Waals surface area contributed by atoms with Crippen LogP contribution in [0.15, 0.2) is 67.3 Å². The predicted molar refractivity (Wildman–Crippen MR) is 121 cm³/mol. The first-order chi connectivity index (χ1) is 15.5. The van der Waals surface area contributed by atoms with Crippen LogP contribution in [0.2, 0.25) is 0 Å². The van der Waals surface area contributed by atoms with Crippen LogP contribution in [0.1, 0.15) is 16.8 Å². The minimum Gasteiger partial charge on any atom is -0.487 e. The van der Waals surface area contributed by atoms with Crippen molar-refractivity contribution in [2.24, 2.45) is 0 Å². The van der Waals surface area contributed by atoms with Gasteiger partial charge in [0.2, 0.25) is 0 Å². The molecule has 0 bridgehead atoms. The van der Waals surface area contributed by atoms with Gasteiger partial charge < -0.3 is 9.47 Å². The molecule has 162 valence electrons. The molecule has 4 aromatic rings. The van der Waals surface area contributed by atoms with Gasteiger partial charge in [-0.3, -0.25) is 19.4 Å². The van der Waals surface area contributed by atoms with Gasteiger partial charge in [0.1, 0.15) is 18.9 Å². The fourth-order valence-electron chi connectivity index (χ4n) is 3.49. The quantitative estimate of drug-likeness (QED) is 0.407. The zero-order chi connectivity index (χ0) is 22.5. The Kier molecular flexibility index (Phi) is 6.26. The average molecular weight is 428 g/mol. The topological polar surface area (TPSA) is 79.1 Å². The van der Waals surface area contributed by atoms with Crippen molar-refractivity contribution in [3.8, 4) is 28.1 Å². The van der Waals surface area contributed by atoms with Gasteiger partial charge in [0, 0.05) is 29.7 Å². The van der Waals surface area contributed by atoms with Gasteiger partial charge in [0.15, 0.2) is 0 Å². The largest absolute Gasteiger partial charge is 0.487 e. The molecule has 0 saturated carbocycles. The molecule has 0 unspecified atom stereocenters. The molecule has 3 aromatic heterocycles. The van der Waals surface area contributed by atoms with Crippen molar-refractivity contribution in [3.63, 3.8) is 0 Å². The van der Waals surface area contributed by atoms with E-state index in [0.717, 1.165) is 45.0 Å². The molecule has 32 heavy (non-hydrogen) atoms. The Bertz CT molecular complexity index is 1220. The second-order valence-electron chi connectivity index (χ2n) is 7.47. The summed E-state index contributed by atoms with van der Waals surface area (Å²) in [6, 6.07) is 13.7. The number of ether oxygens (including phenoxy) is 2. The first kappa shape index (κ1) is 21.2. The van der Waals surface area contributed by atoms with E-state index < -0.39 is 0 Å². The van der Waals surface area contributed by atoms with E-state index in [2.05, 4.69) is 21.1 Å². The molecule has 0 atom stereocenters. The molecule has 0 fully saturated rings. The van der Waals surface area contributed by atoms with Crippen molar-refractivity contribution in [1.29, 1.82) is 0 Å². The van der Waals surface area contributed by atoms with Crippen LogP contribution in [-0.4, -0.2) is 32.8 Å². The lowest BCUT2D eigenvalue weighted by molar-refractivity contribution is -0.141. The summed E-state index contributed by atoms with van der Waals surface area (Å²) in [5, 5.41) is 4.43. The fraction of sp³-hybridized carbons (Fsp3) is 0.200. The van der Waals surface area contributed by atoms with Gasteiger partial charge in [-0.1, -0.05) is 6.07 Å². The number of pyridine rings is 2. The molecule has 7 nitrogen and oxygen atoms in total. The summed E-state index contributed by atoms with van der Waals surface area (Å²) >= 11 is 0. The standard InChI is InChI=1S/C25H24N4O3/c1-17-12-18(2)23(27-13-17)16-32-21-6-4-20(5-7-21)25-22(19-8-10-26-11-9-19)14-28-29(25)15-24(30)31-3/h4-14H,15-16H2,1-3H3. The molecular formula is C25H24N4O3. The van der Waals surface area contributed by atoms with Crippen LogP contribution >= 0.6 is 0 Å². The molecule has 0 amide bonds. The highest BCUT2D eigenvalue weighted by Crippen LogP contribution is 2.33. The molecular weight excluding hydrogens is 404 g/mol. The molecule has 0 radical (unpaired) electrons. The minimum absolute atomic E-state index is 0.0214. The summed E-state index contributed by atoms with van der Waals surface area (Å²) in [5.74, 6) is 0.372. The molecule has 0 aliphatic carbocycles. The summed E-state index contributed by atoms with van der Waals surface area (Å²) < 4.78 is 12.4. The van der Waals surface area contributed by atoms with Crippen molar-refractivity contribution >= 4 is 5.97 Å². The molecule has 0 aliphatic heterocycles. The highest BCUT2D eigenvalue weighted by molar-refractivity contribution is 5.82. The Labute approximate surface area is 186 Å². The SMILES string of the molecule is COC(=O)Cn1ncc(-c2ccncc2)c1-c1ccc(OCc2ncc(C)cc2C)cc1. The molecule has 0 aliphatic rings. The van der Waals surface area contributed by atoms with Crippen molar-refractivity contribution < 1.29 is 14.3 Å². The highest BCUT2D eigenvalue weighted by atomic mass is 16.5. The molecule has 1 aromatic carbocycles. The number of aromatic nitrogens is 4. The monoisotopic (exact) mass is 428 g/mol. The maximum Gasteiger partial charge on any atom is 0.327 e. The molecule has 0 saturated heterocycles. The van der Waals surface area contributed by atoms with E-state index in [1.807, 2.05) is 56.4 Å². The lowest BCUT2D eigenvalue weighted by Crippen LogP contribution is -2.13. The molecule has 4 rings (SSSR count). The van der Waals surface area contributed by atoms with E-state index >= 15 is 0 Å². The van der Waals surface area contributed by atoms with E-state index in [1.54, 1.807) is 23.3 Å². The zero-order valence-electron chi connectivity index (χ0n) is 18.3. The maximum atomic E-state index is 11.9. The number of carbonyl (C=O) groups is 1.